The van der Waals surface area contributed by atoms with Crippen LogP contribution in [0.1, 0.15) is 5.56 Å². The fourth-order valence-corrected chi connectivity index (χ4v) is 1.76. The first-order valence-corrected chi connectivity index (χ1v) is 4.99. The zero-order valence-corrected chi connectivity index (χ0v) is 9.57. The number of rotatable bonds is 3. The molecule has 0 aliphatic rings. The van der Waals surface area contributed by atoms with E-state index in [0.717, 1.165) is 28.5 Å². The molecule has 0 spiro atoms. The van der Waals surface area contributed by atoms with Crippen LogP contribution < -0.4 is 9.47 Å². The molecule has 2 aromatic rings. The van der Waals surface area contributed by atoms with Crippen molar-refractivity contribution in [3.63, 3.8) is 0 Å². The van der Waals surface area contributed by atoms with Gasteiger partial charge >= 0.3 is 0 Å². The van der Waals surface area contributed by atoms with Crippen LogP contribution in [0.2, 0.25) is 0 Å². The predicted octanol–water partition coefficient (Wildman–Crippen LogP) is 2.40. The van der Waals surface area contributed by atoms with Gasteiger partial charge in [-0.15, -0.1) is 0 Å². The number of methoxy groups -OCH3 is 2. The van der Waals surface area contributed by atoms with E-state index in [2.05, 4.69) is 9.97 Å². The maximum absolute atomic E-state index is 5.40. The number of benzene rings is 1. The summed E-state index contributed by atoms with van der Waals surface area (Å²) in [6.07, 6.45) is 3.50. The van der Waals surface area contributed by atoms with E-state index in [1.807, 2.05) is 19.1 Å². The number of nitrogens with one attached hydrogen (secondary N) is 1. The SMILES string of the molecule is COc1ccc(-c2ncc[nH]2)c(OC)c1C. The normalized spacial score (nSPS) is 10.2. The molecular weight excluding hydrogens is 204 g/mol. The summed E-state index contributed by atoms with van der Waals surface area (Å²) in [5.74, 6) is 2.39. The first kappa shape index (κ1) is 10.5. The molecule has 1 aromatic carbocycles. The van der Waals surface area contributed by atoms with Gasteiger partial charge in [-0.05, 0) is 19.1 Å². The van der Waals surface area contributed by atoms with E-state index >= 15 is 0 Å². The molecule has 0 aliphatic carbocycles. The molecule has 84 valence electrons. The number of hydrogen-bond acceptors (Lipinski definition) is 3. The van der Waals surface area contributed by atoms with Gasteiger partial charge in [0, 0.05) is 18.0 Å². The van der Waals surface area contributed by atoms with Crippen molar-refractivity contribution in [1.82, 2.24) is 9.97 Å². The molecule has 4 heteroatoms. The van der Waals surface area contributed by atoms with Crippen molar-refractivity contribution in [3.05, 3.63) is 30.1 Å². The minimum Gasteiger partial charge on any atom is -0.496 e. The lowest BCUT2D eigenvalue weighted by Gasteiger charge is -2.12. The minimum atomic E-state index is 0.786. The second-order valence-electron chi connectivity index (χ2n) is 3.41. The third-order valence-electron chi connectivity index (χ3n) is 2.53. The predicted molar refractivity (Wildman–Crippen MR) is 61.9 cm³/mol. The van der Waals surface area contributed by atoms with Crippen LogP contribution in [-0.2, 0) is 0 Å². The molecule has 1 aromatic heterocycles. The van der Waals surface area contributed by atoms with Gasteiger partial charge in [0.15, 0.2) is 0 Å². The van der Waals surface area contributed by atoms with E-state index in [-0.39, 0.29) is 0 Å². The summed E-state index contributed by atoms with van der Waals surface area (Å²) in [6, 6.07) is 3.85. The van der Waals surface area contributed by atoms with E-state index < -0.39 is 0 Å². The van der Waals surface area contributed by atoms with Crippen molar-refractivity contribution in [2.24, 2.45) is 0 Å². The van der Waals surface area contributed by atoms with Crippen LogP contribution in [0.15, 0.2) is 24.5 Å². The monoisotopic (exact) mass is 218 g/mol. The Morgan fingerprint density at radius 3 is 2.56 bits per heavy atom. The summed E-state index contributed by atoms with van der Waals surface area (Å²) in [4.78, 5) is 7.28. The first-order valence-electron chi connectivity index (χ1n) is 4.99. The molecular formula is C12H14N2O2. The molecule has 0 bridgehead atoms. The highest BCUT2D eigenvalue weighted by Gasteiger charge is 2.13. The Labute approximate surface area is 94.2 Å². The largest absolute Gasteiger partial charge is 0.496 e. The standard InChI is InChI=1S/C12H14N2O2/c1-8-10(15-2)5-4-9(11(8)16-3)12-13-6-7-14-12/h4-7H,1-3H3,(H,13,14). The third-order valence-corrected chi connectivity index (χ3v) is 2.53. The highest BCUT2D eigenvalue weighted by atomic mass is 16.5. The minimum absolute atomic E-state index is 0.786. The van der Waals surface area contributed by atoms with E-state index in [1.54, 1.807) is 26.6 Å². The molecule has 1 heterocycles. The van der Waals surface area contributed by atoms with Gasteiger partial charge in [-0.25, -0.2) is 4.98 Å². The number of nitrogens with zero attached hydrogens (tertiary/aromatic N) is 1. The lowest BCUT2D eigenvalue weighted by molar-refractivity contribution is 0.389. The average Bonchev–Trinajstić information content (AvgIpc) is 2.82. The quantitative estimate of drug-likeness (QED) is 0.860. The summed E-state index contributed by atoms with van der Waals surface area (Å²) in [5.41, 5.74) is 1.91. The van der Waals surface area contributed by atoms with E-state index in [0.29, 0.717) is 0 Å². The highest BCUT2D eigenvalue weighted by Crippen LogP contribution is 2.36. The molecule has 16 heavy (non-hydrogen) atoms. The van der Waals surface area contributed by atoms with E-state index in [9.17, 15) is 0 Å². The zero-order chi connectivity index (χ0) is 11.5. The van der Waals surface area contributed by atoms with Gasteiger partial charge in [0.05, 0.1) is 19.8 Å². The number of imidazole rings is 1. The summed E-state index contributed by atoms with van der Waals surface area (Å²) in [7, 11) is 3.29. The first-order chi connectivity index (χ1) is 7.77. The molecule has 0 saturated heterocycles. The molecule has 1 N–H and O–H groups in total. The molecule has 0 amide bonds. The maximum atomic E-state index is 5.40. The Balaban J connectivity index is 2.59. The molecule has 2 rings (SSSR count). The number of aromatic nitrogens is 2. The van der Waals surface area contributed by atoms with Gasteiger partial charge in [0.1, 0.15) is 17.3 Å². The van der Waals surface area contributed by atoms with Crippen LogP contribution >= 0.6 is 0 Å². The molecule has 0 saturated carbocycles. The topological polar surface area (TPSA) is 47.1 Å². The van der Waals surface area contributed by atoms with Crippen molar-refractivity contribution < 1.29 is 9.47 Å². The molecule has 0 fully saturated rings. The van der Waals surface area contributed by atoms with Gasteiger partial charge in [-0.2, -0.15) is 0 Å². The Morgan fingerprint density at radius 2 is 2.00 bits per heavy atom. The molecule has 0 radical (unpaired) electrons. The second-order valence-corrected chi connectivity index (χ2v) is 3.41. The van der Waals surface area contributed by atoms with E-state index in [4.69, 9.17) is 9.47 Å². The van der Waals surface area contributed by atoms with Crippen LogP contribution in [0.25, 0.3) is 11.4 Å². The van der Waals surface area contributed by atoms with Gasteiger partial charge < -0.3 is 14.5 Å². The van der Waals surface area contributed by atoms with Crippen molar-refractivity contribution in [3.8, 4) is 22.9 Å². The number of H-pyrrole nitrogens is 1. The summed E-state index contributed by atoms with van der Waals surface area (Å²) in [5, 5.41) is 0. The summed E-state index contributed by atoms with van der Waals surface area (Å²) < 4.78 is 10.7. The Kier molecular flexibility index (Phi) is 2.81. The van der Waals surface area contributed by atoms with Gasteiger partial charge in [0.2, 0.25) is 0 Å². The average molecular weight is 218 g/mol. The molecule has 0 aliphatic heterocycles. The molecule has 4 nitrogen and oxygen atoms in total. The number of ether oxygens (including phenoxy) is 2. The smallest absolute Gasteiger partial charge is 0.141 e. The third kappa shape index (κ3) is 1.62. The van der Waals surface area contributed by atoms with Crippen molar-refractivity contribution in [2.45, 2.75) is 6.92 Å². The zero-order valence-electron chi connectivity index (χ0n) is 9.57. The van der Waals surface area contributed by atoms with Crippen LogP contribution in [0.3, 0.4) is 0 Å². The summed E-state index contributed by atoms with van der Waals surface area (Å²) >= 11 is 0. The lowest BCUT2D eigenvalue weighted by Crippen LogP contribution is -1.95. The second kappa shape index (κ2) is 4.26. The molecule has 0 unspecified atom stereocenters. The molecule has 0 atom stereocenters. The van der Waals surface area contributed by atoms with Crippen LogP contribution in [0.5, 0.6) is 11.5 Å². The fraction of sp³-hybridized carbons (Fsp3) is 0.250. The van der Waals surface area contributed by atoms with Gasteiger partial charge in [-0.1, -0.05) is 0 Å². The van der Waals surface area contributed by atoms with Crippen LogP contribution in [0, 0.1) is 6.92 Å². The summed E-state index contributed by atoms with van der Waals surface area (Å²) in [6.45, 7) is 1.96. The number of aromatic amines is 1. The Bertz CT molecular complexity index is 478. The fourth-order valence-electron chi connectivity index (χ4n) is 1.76. The number of hydrogen-bond donors (Lipinski definition) is 1. The van der Waals surface area contributed by atoms with Gasteiger partial charge in [-0.3, -0.25) is 0 Å². The van der Waals surface area contributed by atoms with Gasteiger partial charge in [0.25, 0.3) is 0 Å². The highest BCUT2D eigenvalue weighted by molar-refractivity contribution is 5.69. The van der Waals surface area contributed by atoms with Crippen molar-refractivity contribution in [1.29, 1.82) is 0 Å². The van der Waals surface area contributed by atoms with Crippen LogP contribution in [0.4, 0.5) is 0 Å². The lowest BCUT2D eigenvalue weighted by atomic mass is 10.1. The Hall–Kier alpha value is -1.97. The van der Waals surface area contributed by atoms with E-state index in [1.165, 1.54) is 0 Å². The Morgan fingerprint density at radius 1 is 1.19 bits per heavy atom. The maximum Gasteiger partial charge on any atom is 0.141 e. The van der Waals surface area contributed by atoms with Crippen molar-refractivity contribution >= 4 is 0 Å². The van der Waals surface area contributed by atoms with Crippen LogP contribution in [-0.4, -0.2) is 24.2 Å². The van der Waals surface area contributed by atoms with Crippen molar-refractivity contribution in [2.75, 3.05) is 14.2 Å².